The number of hydrogen-bond acceptors (Lipinski definition) is 2. The van der Waals surface area contributed by atoms with E-state index in [1.54, 1.807) is 0 Å². The molecule has 108 valence electrons. The molecule has 1 atom stereocenters. The van der Waals surface area contributed by atoms with Crippen LogP contribution in [0.5, 0.6) is 0 Å². The molecule has 0 heterocycles. The molecule has 0 amide bonds. The van der Waals surface area contributed by atoms with Gasteiger partial charge >= 0.3 is 0 Å². The van der Waals surface area contributed by atoms with E-state index < -0.39 is 0 Å². The first-order valence-corrected chi connectivity index (χ1v) is 9.16. The lowest BCUT2D eigenvalue weighted by molar-refractivity contribution is 0.438. The average molecular weight is 344 g/mol. The molecule has 1 unspecified atom stereocenters. The highest BCUT2D eigenvalue weighted by molar-refractivity contribution is 9.10. The van der Waals surface area contributed by atoms with Gasteiger partial charge in [-0.2, -0.15) is 11.8 Å². The molecule has 1 aromatic rings. The van der Waals surface area contributed by atoms with E-state index in [2.05, 4.69) is 72.5 Å². The maximum absolute atomic E-state index is 3.76. The van der Waals surface area contributed by atoms with Gasteiger partial charge in [-0.05, 0) is 43.2 Å². The Balaban J connectivity index is 2.72. The molecule has 0 fully saturated rings. The SMILES string of the molecule is CCC(NCC(CC)(CC)SC)c1cccc(Br)c1. The lowest BCUT2D eigenvalue weighted by Gasteiger charge is -2.32. The van der Waals surface area contributed by atoms with Crippen LogP contribution in [0.4, 0.5) is 0 Å². The van der Waals surface area contributed by atoms with Gasteiger partial charge in [0.1, 0.15) is 0 Å². The number of thioether (sulfide) groups is 1. The first kappa shape index (κ1) is 17.1. The molecule has 0 aliphatic rings. The smallest absolute Gasteiger partial charge is 0.0318 e. The van der Waals surface area contributed by atoms with E-state index in [0.717, 1.165) is 17.4 Å². The summed E-state index contributed by atoms with van der Waals surface area (Å²) >= 11 is 5.56. The topological polar surface area (TPSA) is 12.0 Å². The van der Waals surface area contributed by atoms with E-state index in [9.17, 15) is 0 Å². The summed E-state index contributed by atoms with van der Waals surface area (Å²) in [6.45, 7) is 7.91. The molecule has 0 saturated carbocycles. The Morgan fingerprint density at radius 3 is 2.42 bits per heavy atom. The van der Waals surface area contributed by atoms with Gasteiger partial charge in [-0.15, -0.1) is 0 Å². The van der Waals surface area contributed by atoms with Crippen molar-refractivity contribution in [3.63, 3.8) is 0 Å². The van der Waals surface area contributed by atoms with Gasteiger partial charge in [0.15, 0.2) is 0 Å². The largest absolute Gasteiger partial charge is 0.309 e. The molecule has 19 heavy (non-hydrogen) atoms. The maximum Gasteiger partial charge on any atom is 0.0318 e. The second-order valence-corrected chi connectivity index (χ2v) is 7.18. The van der Waals surface area contributed by atoms with Crippen LogP contribution in [0, 0.1) is 0 Å². The minimum Gasteiger partial charge on any atom is -0.309 e. The zero-order valence-electron chi connectivity index (χ0n) is 12.5. The molecule has 0 aliphatic heterocycles. The predicted molar refractivity (Wildman–Crippen MR) is 92.0 cm³/mol. The van der Waals surface area contributed by atoms with E-state index in [4.69, 9.17) is 0 Å². The van der Waals surface area contributed by atoms with E-state index >= 15 is 0 Å². The summed E-state index contributed by atoms with van der Waals surface area (Å²) in [5, 5.41) is 3.76. The molecular weight excluding hydrogens is 318 g/mol. The number of benzene rings is 1. The molecule has 1 aromatic carbocycles. The highest BCUT2D eigenvalue weighted by Crippen LogP contribution is 2.31. The van der Waals surface area contributed by atoms with Crippen molar-refractivity contribution in [1.82, 2.24) is 5.32 Å². The fourth-order valence-corrected chi connectivity index (χ4v) is 3.61. The van der Waals surface area contributed by atoms with Crippen molar-refractivity contribution in [2.24, 2.45) is 0 Å². The fourth-order valence-electron chi connectivity index (χ4n) is 2.39. The Morgan fingerprint density at radius 2 is 1.95 bits per heavy atom. The predicted octanol–water partition coefficient (Wildman–Crippen LogP) is 5.41. The van der Waals surface area contributed by atoms with Crippen LogP contribution in [0.15, 0.2) is 28.7 Å². The molecule has 0 saturated heterocycles. The van der Waals surface area contributed by atoms with E-state index in [1.807, 2.05) is 11.8 Å². The van der Waals surface area contributed by atoms with Crippen molar-refractivity contribution in [1.29, 1.82) is 0 Å². The summed E-state index contributed by atoms with van der Waals surface area (Å²) < 4.78 is 1.53. The van der Waals surface area contributed by atoms with E-state index in [-0.39, 0.29) is 0 Å². The highest BCUT2D eigenvalue weighted by Gasteiger charge is 2.25. The maximum atomic E-state index is 3.76. The summed E-state index contributed by atoms with van der Waals surface area (Å²) in [4.78, 5) is 0. The number of hydrogen-bond donors (Lipinski definition) is 1. The van der Waals surface area contributed by atoms with Crippen molar-refractivity contribution in [2.75, 3.05) is 12.8 Å². The van der Waals surface area contributed by atoms with Crippen LogP contribution in [0.2, 0.25) is 0 Å². The minimum absolute atomic E-state index is 0.374. The van der Waals surface area contributed by atoms with Gasteiger partial charge < -0.3 is 5.32 Å². The van der Waals surface area contributed by atoms with Crippen LogP contribution in [-0.4, -0.2) is 17.5 Å². The third-order valence-electron chi connectivity index (χ3n) is 4.05. The third-order valence-corrected chi connectivity index (χ3v) is 6.13. The number of nitrogens with one attached hydrogen (secondary N) is 1. The van der Waals surface area contributed by atoms with Crippen LogP contribution in [0.25, 0.3) is 0 Å². The first-order valence-electron chi connectivity index (χ1n) is 7.14. The van der Waals surface area contributed by atoms with Crippen LogP contribution in [-0.2, 0) is 0 Å². The first-order chi connectivity index (χ1) is 9.10. The van der Waals surface area contributed by atoms with Crippen LogP contribution < -0.4 is 5.32 Å². The normalized spacial score (nSPS) is 13.5. The van der Waals surface area contributed by atoms with E-state index in [1.165, 1.54) is 18.4 Å². The van der Waals surface area contributed by atoms with Crippen molar-refractivity contribution in [3.05, 3.63) is 34.3 Å². The van der Waals surface area contributed by atoms with E-state index in [0.29, 0.717) is 10.8 Å². The zero-order chi connectivity index (χ0) is 14.3. The second-order valence-electron chi connectivity index (χ2n) is 4.99. The zero-order valence-corrected chi connectivity index (χ0v) is 14.9. The third kappa shape index (κ3) is 4.80. The Labute approximate surface area is 131 Å². The van der Waals surface area contributed by atoms with Crippen molar-refractivity contribution in [2.45, 2.75) is 50.8 Å². The fraction of sp³-hybridized carbons (Fsp3) is 0.625. The van der Waals surface area contributed by atoms with Crippen LogP contribution >= 0.6 is 27.7 Å². The Kier molecular flexibility index (Phi) is 7.48. The molecule has 0 aromatic heterocycles. The molecule has 0 aliphatic carbocycles. The highest BCUT2D eigenvalue weighted by atomic mass is 79.9. The Morgan fingerprint density at radius 1 is 1.26 bits per heavy atom. The van der Waals surface area contributed by atoms with Gasteiger partial charge in [-0.3, -0.25) is 0 Å². The Bertz CT molecular complexity index is 369. The van der Waals surface area contributed by atoms with Gasteiger partial charge in [0.05, 0.1) is 0 Å². The summed E-state index contributed by atoms with van der Waals surface area (Å²) in [6.07, 6.45) is 5.78. The molecule has 1 rings (SSSR count). The average Bonchev–Trinajstić information content (AvgIpc) is 2.44. The molecule has 1 nitrogen and oxygen atoms in total. The summed E-state index contributed by atoms with van der Waals surface area (Å²) in [6, 6.07) is 9.08. The summed E-state index contributed by atoms with van der Waals surface area (Å²) in [5.41, 5.74) is 1.37. The second kappa shape index (κ2) is 8.33. The quantitative estimate of drug-likeness (QED) is 0.676. The standard InChI is InChI=1S/C16H26BrNS/c1-5-15(13-9-8-10-14(17)11-13)18-12-16(6-2,7-3)19-4/h8-11,15,18H,5-7,12H2,1-4H3. The molecule has 0 spiro atoms. The van der Waals surface area contributed by atoms with Gasteiger partial charge in [0.2, 0.25) is 0 Å². The monoisotopic (exact) mass is 343 g/mol. The number of halogens is 1. The Hall–Kier alpha value is 0.01000. The van der Waals surface area contributed by atoms with Crippen molar-refractivity contribution >= 4 is 27.7 Å². The molecular formula is C16H26BrNS. The van der Waals surface area contributed by atoms with Crippen LogP contribution in [0.3, 0.4) is 0 Å². The number of rotatable bonds is 8. The minimum atomic E-state index is 0.374. The molecule has 1 N–H and O–H groups in total. The van der Waals surface area contributed by atoms with Crippen molar-refractivity contribution in [3.8, 4) is 0 Å². The lowest BCUT2D eigenvalue weighted by Crippen LogP contribution is -2.38. The van der Waals surface area contributed by atoms with Gasteiger partial charge in [-0.25, -0.2) is 0 Å². The van der Waals surface area contributed by atoms with Crippen LogP contribution in [0.1, 0.15) is 51.6 Å². The van der Waals surface area contributed by atoms with Gasteiger partial charge in [0.25, 0.3) is 0 Å². The summed E-state index contributed by atoms with van der Waals surface area (Å²) in [5.74, 6) is 0. The summed E-state index contributed by atoms with van der Waals surface area (Å²) in [7, 11) is 0. The van der Waals surface area contributed by atoms with Crippen molar-refractivity contribution < 1.29 is 0 Å². The molecule has 0 bridgehead atoms. The lowest BCUT2D eigenvalue weighted by atomic mass is 9.99. The molecule has 0 radical (unpaired) electrons. The van der Waals surface area contributed by atoms with Gasteiger partial charge in [-0.1, -0.05) is 48.8 Å². The van der Waals surface area contributed by atoms with Gasteiger partial charge in [0, 0.05) is 21.8 Å². The molecule has 3 heteroatoms.